The van der Waals surface area contributed by atoms with Gasteiger partial charge in [0.2, 0.25) is 5.24 Å². The molecule has 2 heteroatoms. The van der Waals surface area contributed by atoms with Crippen LogP contribution >= 0.6 is 11.6 Å². The summed E-state index contributed by atoms with van der Waals surface area (Å²) in [6.07, 6.45) is 5.50. The van der Waals surface area contributed by atoms with Gasteiger partial charge in [-0.1, -0.05) is 19.1 Å². The Kier molecular flexibility index (Phi) is 5.32. The quantitative estimate of drug-likeness (QED) is 0.457. The highest BCUT2D eigenvalue weighted by Gasteiger charge is 2.10. The largest absolute Gasteiger partial charge is 0.281 e. The highest BCUT2D eigenvalue weighted by Crippen LogP contribution is 2.12. The second-order valence-corrected chi connectivity index (χ2v) is 2.59. The molecule has 1 unspecified atom stereocenters. The van der Waals surface area contributed by atoms with Crippen molar-refractivity contribution in [2.75, 3.05) is 0 Å². The maximum absolute atomic E-state index is 10.6. The van der Waals surface area contributed by atoms with Gasteiger partial charge in [0.05, 0.1) is 0 Å². The molecule has 0 aromatic heterocycles. The van der Waals surface area contributed by atoms with Crippen molar-refractivity contribution in [2.24, 2.45) is 5.92 Å². The Hall–Kier alpha value is -0.300. The van der Waals surface area contributed by atoms with E-state index >= 15 is 0 Å². The molecule has 0 heterocycles. The Balaban J connectivity index is 3.71. The lowest BCUT2D eigenvalue weighted by atomic mass is 10.0. The highest BCUT2D eigenvalue weighted by molar-refractivity contribution is 6.63. The van der Waals surface area contributed by atoms with Gasteiger partial charge in [-0.3, -0.25) is 4.79 Å². The minimum Gasteiger partial charge on any atom is -0.281 e. The normalized spacial score (nSPS) is 13.9. The number of hydrogen-bond acceptors (Lipinski definition) is 1. The number of hydrogen-bond donors (Lipinski definition) is 0. The first kappa shape index (κ1) is 9.70. The van der Waals surface area contributed by atoms with Gasteiger partial charge in [0.15, 0.2) is 0 Å². The standard InChI is InChI=1S/C8H13ClO/c1-3-5-6-7(4-2)8(9)10/h3,5,7H,4,6H2,1-2H3/b5-3+. The van der Waals surface area contributed by atoms with E-state index in [4.69, 9.17) is 11.6 Å². The van der Waals surface area contributed by atoms with Crippen molar-refractivity contribution in [3.8, 4) is 0 Å². The molecule has 0 amide bonds. The van der Waals surface area contributed by atoms with Crippen molar-refractivity contribution in [1.82, 2.24) is 0 Å². The molecule has 58 valence electrons. The zero-order chi connectivity index (χ0) is 7.98. The average molecular weight is 161 g/mol. The first-order chi connectivity index (χ1) is 4.72. The monoisotopic (exact) mass is 160 g/mol. The second kappa shape index (κ2) is 5.48. The summed E-state index contributed by atoms with van der Waals surface area (Å²) in [6, 6.07) is 0. The number of halogens is 1. The topological polar surface area (TPSA) is 17.1 Å². The summed E-state index contributed by atoms with van der Waals surface area (Å²) in [7, 11) is 0. The van der Waals surface area contributed by atoms with Crippen molar-refractivity contribution in [3.63, 3.8) is 0 Å². The summed E-state index contributed by atoms with van der Waals surface area (Å²) in [5.41, 5.74) is 0. The molecular weight excluding hydrogens is 148 g/mol. The van der Waals surface area contributed by atoms with Gasteiger partial charge in [0.1, 0.15) is 0 Å². The van der Waals surface area contributed by atoms with Crippen LogP contribution in [0.4, 0.5) is 0 Å². The van der Waals surface area contributed by atoms with Crippen molar-refractivity contribution < 1.29 is 4.79 Å². The van der Waals surface area contributed by atoms with Gasteiger partial charge < -0.3 is 0 Å². The lowest BCUT2D eigenvalue weighted by molar-refractivity contribution is -0.115. The molecular formula is C8H13ClO. The summed E-state index contributed by atoms with van der Waals surface area (Å²) in [5.74, 6) is 0.0119. The summed E-state index contributed by atoms with van der Waals surface area (Å²) in [4.78, 5) is 10.6. The molecule has 0 aromatic rings. The fourth-order valence-corrected chi connectivity index (χ4v) is 0.964. The summed E-state index contributed by atoms with van der Waals surface area (Å²) >= 11 is 5.31. The van der Waals surface area contributed by atoms with Gasteiger partial charge >= 0.3 is 0 Å². The van der Waals surface area contributed by atoms with Crippen LogP contribution in [0.15, 0.2) is 12.2 Å². The van der Waals surface area contributed by atoms with E-state index in [0.717, 1.165) is 12.8 Å². The highest BCUT2D eigenvalue weighted by atomic mass is 35.5. The number of carbonyl (C=O) groups excluding carboxylic acids is 1. The fraction of sp³-hybridized carbons (Fsp3) is 0.625. The third-order valence-electron chi connectivity index (χ3n) is 1.47. The molecule has 0 rings (SSSR count). The molecule has 0 saturated carbocycles. The molecule has 0 aromatic carbocycles. The van der Waals surface area contributed by atoms with E-state index in [9.17, 15) is 4.79 Å². The van der Waals surface area contributed by atoms with Crippen LogP contribution in [0, 0.1) is 5.92 Å². The zero-order valence-corrected chi connectivity index (χ0v) is 7.19. The van der Waals surface area contributed by atoms with E-state index in [1.54, 1.807) is 0 Å². The number of carbonyl (C=O) groups is 1. The van der Waals surface area contributed by atoms with Crippen LogP contribution in [0.1, 0.15) is 26.7 Å². The molecule has 0 aliphatic rings. The Morgan fingerprint density at radius 1 is 1.70 bits per heavy atom. The third kappa shape index (κ3) is 3.67. The molecule has 0 aliphatic carbocycles. The Labute approximate surface area is 67.1 Å². The van der Waals surface area contributed by atoms with E-state index in [1.165, 1.54) is 0 Å². The number of rotatable bonds is 4. The second-order valence-electron chi connectivity index (χ2n) is 2.21. The molecule has 0 aliphatic heterocycles. The Morgan fingerprint density at radius 2 is 2.30 bits per heavy atom. The first-order valence-electron chi connectivity index (χ1n) is 3.52. The van der Waals surface area contributed by atoms with Crippen LogP contribution in [-0.4, -0.2) is 5.24 Å². The van der Waals surface area contributed by atoms with Gasteiger partial charge in [0, 0.05) is 5.92 Å². The lowest BCUT2D eigenvalue weighted by Crippen LogP contribution is -2.05. The van der Waals surface area contributed by atoms with Crippen molar-refractivity contribution >= 4 is 16.8 Å². The minimum atomic E-state index is -0.222. The maximum atomic E-state index is 10.6. The smallest absolute Gasteiger partial charge is 0.225 e. The van der Waals surface area contributed by atoms with Crippen LogP contribution in [0.3, 0.4) is 0 Å². The number of allylic oxidation sites excluding steroid dienone is 2. The van der Waals surface area contributed by atoms with Gasteiger partial charge in [-0.2, -0.15) is 0 Å². The van der Waals surface area contributed by atoms with Gasteiger partial charge in [-0.25, -0.2) is 0 Å². The maximum Gasteiger partial charge on any atom is 0.225 e. The Bertz CT molecular complexity index is 129. The molecule has 1 nitrogen and oxygen atoms in total. The third-order valence-corrected chi connectivity index (χ3v) is 1.78. The molecule has 0 radical (unpaired) electrons. The van der Waals surface area contributed by atoms with Gasteiger partial charge in [-0.15, -0.1) is 0 Å². The van der Waals surface area contributed by atoms with Crippen molar-refractivity contribution in [2.45, 2.75) is 26.7 Å². The minimum absolute atomic E-state index is 0.0119. The molecule has 0 saturated heterocycles. The molecule has 0 bridgehead atoms. The van der Waals surface area contributed by atoms with E-state index < -0.39 is 0 Å². The van der Waals surface area contributed by atoms with Gasteiger partial charge in [-0.05, 0) is 31.4 Å². The van der Waals surface area contributed by atoms with Crippen LogP contribution in [0.25, 0.3) is 0 Å². The first-order valence-corrected chi connectivity index (χ1v) is 3.90. The van der Waals surface area contributed by atoms with Crippen LogP contribution < -0.4 is 0 Å². The SMILES string of the molecule is C/C=C/CC(CC)C(=O)Cl. The zero-order valence-electron chi connectivity index (χ0n) is 6.43. The molecule has 1 atom stereocenters. The Morgan fingerprint density at radius 3 is 2.60 bits per heavy atom. The van der Waals surface area contributed by atoms with E-state index in [0.29, 0.717) is 0 Å². The fourth-order valence-electron chi connectivity index (χ4n) is 0.720. The van der Waals surface area contributed by atoms with E-state index in [2.05, 4.69) is 0 Å². The summed E-state index contributed by atoms with van der Waals surface area (Å²) in [6.45, 7) is 3.90. The van der Waals surface area contributed by atoms with E-state index in [-0.39, 0.29) is 11.2 Å². The average Bonchev–Trinajstić information content (AvgIpc) is 1.89. The predicted octanol–water partition coefficient (Wildman–Crippen LogP) is 2.74. The molecule has 0 fully saturated rings. The van der Waals surface area contributed by atoms with Crippen molar-refractivity contribution in [1.29, 1.82) is 0 Å². The molecule has 0 N–H and O–H groups in total. The van der Waals surface area contributed by atoms with Crippen molar-refractivity contribution in [3.05, 3.63) is 12.2 Å². The van der Waals surface area contributed by atoms with Gasteiger partial charge in [0.25, 0.3) is 0 Å². The summed E-state index contributed by atoms with van der Waals surface area (Å²) < 4.78 is 0. The van der Waals surface area contributed by atoms with Crippen LogP contribution in [0.2, 0.25) is 0 Å². The predicted molar refractivity (Wildman–Crippen MR) is 44.1 cm³/mol. The summed E-state index contributed by atoms with van der Waals surface area (Å²) in [5, 5.41) is -0.222. The lowest BCUT2D eigenvalue weighted by Gasteiger charge is -2.04. The molecule has 0 spiro atoms. The van der Waals surface area contributed by atoms with Crippen LogP contribution in [0.5, 0.6) is 0 Å². The van der Waals surface area contributed by atoms with E-state index in [1.807, 2.05) is 26.0 Å². The van der Waals surface area contributed by atoms with Crippen LogP contribution in [-0.2, 0) is 4.79 Å². The molecule has 10 heavy (non-hydrogen) atoms.